The van der Waals surface area contributed by atoms with Gasteiger partial charge in [-0.3, -0.25) is 4.79 Å². The molecule has 8 nitrogen and oxygen atoms in total. The number of benzene rings is 3. The summed E-state index contributed by atoms with van der Waals surface area (Å²) < 4.78 is 34.6. The van der Waals surface area contributed by atoms with E-state index >= 15 is 0 Å². The molecule has 0 aliphatic heterocycles. The van der Waals surface area contributed by atoms with Gasteiger partial charge in [0.2, 0.25) is 15.9 Å². The van der Waals surface area contributed by atoms with Crippen LogP contribution in [0, 0.1) is 20.8 Å². The van der Waals surface area contributed by atoms with Gasteiger partial charge in [0.1, 0.15) is 5.75 Å². The number of aryl methyl sites for hydroxylation is 3. The summed E-state index contributed by atoms with van der Waals surface area (Å²) in [6, 6.07) is 18.3. The number of ether oxygens (including phenoxy) is 1. The lowest BCUT2D eigenvalue weighted by Crippen LogP contribution is -2.38. The standard InChI is InChI=1S/C29H32N4O4S2/c1-19-13-20(2)28(21(3)14-19)39(35,36)33(16-22-9-7-6-8-10-22)17-27(34)31-24-15-23(11-12-26(24)37-5)25-18-38-29(30-4)32-25/h6-15,18H,16-17H2,1-5H3,(H,30,32)(H,31,34). The minimum atomic E-state index is -4.01. The highest BCUT2D eigenvalue weighted by Crippen LogP contribution is 2.32. The molecule has 204 valence electrons. The Balaban J connectivity index is 1.66. The van der Waals surface area contributed by atoms with E-state index in [-0.39, 0.29) is 18.0 Å². The highest BCUT2D eigenvalue weighted by molar-refractivity contribution is 7.89. The Hall–Kier alpha value is -3.73. The number of nitrogens with one attached hydrogen (secondary N) is 2. The molecule has 0 fully saturated rings. The molecule has 3 aromatic carbocycles. The van der Waals surface area contributed by atoms with Gasteiger partial charge in [-0.2, -0.15) is 4.31 Å². The van der Waals surface area contributed by atoms with Crippen molar-refractivity contribution in [3.63, 3.8) is 0 Å². The lowest BCUT2D eigenvalue weighted by atomic mass is 10.1. The van der Waals surface area contributed by atoms with E-state index in [1.165, 1.54) is 22.8 Å². The number of carbonyl (C=O) groups excluding carboxylic acids is 1. The minimum Gasteiger partial charge on any atom is -0.495 e. The maximum absolute atomic E-state index is 14.0. The number of nitrogens with zero attached hydrogens (tertiary/aromatic N) is 2. The van der Waals surface area contributed by atoms with Crippen molar-refractivity contribution >= 4 is 38.1 Å². The highest BCUT2D eigenvalue weighted by atomic mass is 32.2. The summed E-state index contributed by atoms with van der Waals surface area (Å²) in [6.45, 7) is 5.16. The van der Waals surface area contributed by atoms with Gasteiger partial charge in [-0.1, -0.05) is 48.0 Å². The fraction of sp³-hybridized carbons (Fsp3) is 0.241. The molecule has 1 heterocycles. The van der Waals surface area contributed by atoms with E-state index in [0.717, 1.165) is 27.5 Å². The van der Waals surface area contributed by atoms with E-state index in [4.69, 9.17) is 4.74 Å². The third-order valence-corrected chi connectivity index (χ3v) is 9.17. The second kappa shape index (κ2) is 12.0. The van der Waals surface area contributed by atoms with Crippen molar-refractivity contribution in [3.05, 3.63) is 88.3 Å². The van der Waals surface area contributed by atoms with Crippen LogP contribution >= 0.6 is 11.3 Å². The first-order valence-corrected chi connectivity index (χ1v) is 14.7. The maximum Gasteiger partial charge on any atom is 0.244 e. The van der Waals surface area contributed by atoms with E-state index in [2.05, 4.69) is 15.6 Å². The van der Waals surface area contributed by atoms with Gasteiger partial charge in [0.25, 0.3) is 0 Å². The van der Waals surface area contributed by atoms with Crippen LogP contribution in [0.5, 0.6) is 5.75 Å². The van der Waals surface area contributed by atoms with Crippen molar-refractivity contribution in [1.29, 1.82) is 0 Å². The molecule has 10 heteroatoms. The Morgan fingerprint density at radius 2 is 1.72 bits per heavy atom. The van der Waals surface area contributed by atoms with Gasteiger partial charge in [-0.15, -0.1) is 11.3 Å². The normalized spacial score (nSPS) is 11.4. The number of carbonyl (C=O) groups is 1. The zero-order chi connectivity index (χ0) is 28.2. The average molecular weight is 565 g/mol. The topological polar surface area (TPSA) is 101 Å². The van der Waals surface area contributed by atoms with E-state index in [9.17, 15) is 13.2 Å². The zero-order valence-corrected chi connectivity index (χ0v) is 24.2. The number of amides is 1. The Bertz CT molecular complexity index is 1560. The Morgan fingerprint density at radius 1 is 1.03 bits per heavy atom. The predicted octanol–water partition coefficient (Wildman–Crippen LogP) is 5.62. The molecule has 0 bridgehead atoms. The largest absolute Gasteiger partial charge is 0.495 e. The fourth-order valence-electron chi connectivity index (χ4n) is 4.55. The van der Waals surface area contributed by atoms with Crippen LogP contribution in [0.1, 0.15) is 22.3 Å². The molecule has 4 aromatic rings. The first-order valence-electron chi connectivity index (χ1n) is 12.4. The molecule has 0 saturated carbocycles. The Morgan fingerprint density at radius 3 is 2.33 bits per heavy atom. The summed E-state index contributed by atoms with van der Waals surface area (Å²) in [4.78, 5) is 18.1. The first-order chi connectivity index (χ1) is 18.6. The van der Waals surface area contributed by atoms with Crippen LogP contribution in [0.3, 0.4) is 0 Å². The second-order valence-corrected chi connectivity index (χ2v) is 12.0. The van der Waals surface area contributed by atoms with E-state index in [1.807, 2.05) is 60.8 Å². The smallest absolute Gasteiger partial charge is 0.244 e. The number of sulfonamides is 1. The summed E-state index contributed by atoms with van der Waals surface area (Å²) in [5.74, 6) is -0.0274. The predicted molar refractivity (Wildman–Crippen MR) is 157 cm³/mol. The molecular formula is C29H32N4O4S2. The van der Waals surface area contributed by atoms with Crippen molar-refractivity contribution in [1.82, 2.24) is 9.29 Å². The number of rotatable bonds is 10. The molecule has 0 aliphatic carbocycles. The van der Waals surface area contributed by atoms with Crippen molar-refractivity contribution in [2.45, 2.75) is 32.2 Å². The summed E-state index contributed by atoms with van der Waals surface area (Å²) in [7, 11) is -0.688. The Labute approximate surface area is 233 Å². The first kappa shape index (κ1) is 28.3. The van der Waals surface area contributed by atoms with Crippen molar-refractivity contribution in [2.24, 2.45) is 0 Å². The third-order valence-electron chi connectivity index (χ3n) is 6.21. The molecule has 0 saturated heterocycles. The summed E-state index contributed by atoms with van der Waals surface area (Å²) in [5, 5.41) is 8.57. The molecule has 0 atom stereocenters. The lowest BCUT2D eigenvalue weighted by molar-refractivity contribution is -0.116. The van der Waals surface area contributed by atoms with Crippen LogP contribution in [0.2, 0.25) is 0 Å². The lowest BCUT2D eigenvalue weighted by Gasteiger charge is -2.24. The monoisotopic (exact) mass is 564 g/mol. The average Bonchev–Trinajstić information content (AvgIpc) is 3.37. The van der Waals surface area contributed by atoms with Crippen LogP contribution < -0.4 is 15.4 Å². The molecule has 1 amide bonds. The second-order valence-electron chi connectivity index (χ2n) is 9.24. The third kappa shape index (κ3) is 6.47. The molecule has 39 heavy (non-hydrogen) atoms. The molecule has 4 rings (SSSR count). The fourth-order valence-corrected chi connectivity index (χ4v) is 7.03. The molecule has 1 aromatic heterocycles. The number of hydrogen-bond donors (Lipinski definition) is 2. The van der Waals surface area contributed by atoms with E-state index < -0.39 is 15.9 Å². The van der Waals surface area contributed by atoms with Gasteiger partial charge < -0.3 is 15.4 Å². The summed E-state index contributed by atoms with van der Waals surface area (Å²) in [6.07, 6.45) is 0. The van der Waals surface area contributed by atoms with E-state index in [0.29, 0.717) is 22.6 Å². The van der Waals surface area contributed by atoms with Crippen LogP contribution in [0.4, 0.5) is 10.8 Å². The molecular weight excluding hydrogens is 532 g/mol. The van der Waals surface area contributed by atoms with Gasteiger partial charge in [0, 0.05) is 24.5 Å². The number of anilines is 2. The molecule has 0 spiro atoms. The van der Waals surface area contributed by atoms with Crippen molar-refractivity contribution < 1.29 is 17.9 Å². The molecule has 0 radical (unpaired) electrons. The van der Waals surface area contributed by atoms with Crippen molar-refractivity contribution in [3.8, 4) is 17.0 Å². The van der Waals surface area contributed by atoms with Gasteiger partial charge in [-0.25, -0.2) is 13.4 Å². The van der Waals surface area contributed by atoms with Crippen LogP contribution in [-0.2, 0) is 21.4 Å². The van der Waals surface area contributed by atoms with Crippen molar-refractivity contribution in [2.75, 3.05) is 31.3 Å². The number of aromatic nitrogens is 1. The minimum absolute atomic E-state index is 0.0478. The van der Waals surface area contributed by atoms with Gasteiger partial charge >= 0.3 is 0 Å². The number of methoxy groups -OCH3 is 1. The number of hydrogen-bond acceptors (Lipinski definition) is 7. The van der Waals surface area contributed by atoms with Gasteiger partial charge in [0.15, 0.2) is 5.13 Å². The Kier molecular flexibility index (Phi) is 8.69. The van der Waals surface area contributed by atoms with Gasteiger partial charge in [-0.05, 0) is 55.7 Å². The molecule has 0 unspecified atom stereocenters. The van der Waals surface area contributed by atoms with Crippen LogP contribution in [-0.4, -0.2) is 44.3 Å². The number of thiazole rings is 1. The van der Waals surface area contributed by atoms with Crippen LogP contribution in [0.15, 0.2) is 70.9 Å². The molecule has 0 aliphatic rings. The maximum atomic E-state index is 14.0. The quantitative estimate of drug-likeness (QED) is 0.260. The summed E-state index contributed by atoms with van der Waals surface area (Å²) in [5.41, 5.74) is 5.02. The van der Waals surface area contributed by atoms with E-state index in [1.54, 1.807) is 33.0 Å². The highest BCUT2D eigenvalue weighted by Gasteiger charge is 2.30. The SMILES string of the molecule is CNc1nc(-c2ccc(OC)c(NC(=O)CN(Cc3ccccc3)S(=O)(=O)c3c(C)cc(C)cc3C)c2)cs1. The zero-order valence-electron chi connectivity index (χ0n) is 22.6. The summed E-state index contributed by atoms with van der Waals surface area (Å²) >= 11 is 1.47. The molecule has 2 N–H and O–H groups in total. The van der Waals surface area contributed by atoms with Crippen LogP contribution in [0.25, 0.3) is 11.3 Å². The van der Waals surface area contributed by atoms with Gasteiger partial charge in [0.05, 0.1) is 29.9 Å².